The third kappa shape index (κ3) is 4.85. The number of aryl methyl sites for hydroxylation is 1. The summed E-state index contributed by atoms with van der Waals surface area (Å²) in [5, 5.41) is 2.47. The van der Waals surface area contributed by atoms with Crippen molar-refractivity contribution in [1.82, 2.24) is 9.88 Å². The topological polar surface area (TPSA) is 51.1 Å². The summed E-state index contributed by atoms with van der Waals surface area (Å²) >= 11 is 5.82. The van der Waals surface area contributed by atoms with Crippen molar-refractivity contribution in [2.24, 2.45) is 0 Å². The predicted molar refractivity (Wildman–Crippen MR) is 88.8 cm³/mol. The summed E-state index contributed by atoms with van der Waals surface area (Å²) in [5.74, 6) is -0.687. The number of hydrogen-bond donors (Lipinski definition) is 1. The Morgan fingerprint density at radius 1 is 1.24 bits per heavy atom. The van der Waals surface area contributed by atoms with Gasteiger partial charge >= 0.3 is 6.18 Å². The van der Waals surface area contributed by atoms with Crippen molar-refractivity contribution in [3.63, 3.8) is 0 Å². The first-order chi connectivity index (χ1) is 11.7. The smallest absolute Gasteiger partial charge is 0.352 e. The maximum Gasteiger partial charge on any atom is 0.416 e. The van der Waals surface area contributed by atoms with Crippen LogP contribution >= 0.6 is 11.6 Å². The number of aromatic nitrogens is 1. The van der Waals surface area contributed by atoms with Gasteiger partial charge in [-0.1, -0.05) is 17.7 Å². The molecule has 0 aliphatic heterocycles. The van der Waals surface area contributed by atoms with Crippen molar-refractivity contribution < 1.29 is 18.0 Å². The van der Waals surface area contributed by atoms with E-state index in [-0.39, 0.29) is 22.7 Å². The van der Waals surface area contributed by atoms with Gasteiger partial charge in [0, 0.05) is 24.8 Å². The number of carbonyl (C=O) groups excluding carboxylic acids is 1. The van der Waals surface area contributed by atoms with Crippen molar-refractivity contribution in [2.75, 3.05) is 6.54 Å². The molecule has 1 aromatic heterocycles. The van der Waals surface area contributed by atoms with Gasteiger partial charge in [-0.05, 0) is 37.6 Å². The molecule has 0 atom stereocenters. The number of amides is 1. The number of nitrogens with one attached hydrogen (secondary N) is 1. The van der Waals surface area contributed by atoms with Gasteiger partial charge in [0.25, 0.3) is 11.5 Å². The largest absolute Gasteiger partial charge is 0.416 e. The number of carbonyl (C=O) groups is 1. The molecule has 0 bridgehead atoms. The summed E-state index contributed by atoms with van der Waals surface area (Å²) in [6.07, 6.45) is -4.10. The molecule has 0 saturated carbocycles. The first-order valence-corrected chi connectivity index (χ1v) is 7.89. The maximum atomic E-state index is 12.7. The van der Waals surface area contributed by atoms with E-state index < -0.39 is 17.6 Å². The molecule has 0 radical (unpaired) electrons. The highest BCUT2D eigenvalue weighted by molar-refractivity contribution is 6.33. The second-order valence-electron chi connectivity index (χ2n) is 5.46. The number of benzene rings is 1. The van der Waals surface area contributed by atoms with Crippen molar-refractivity contribution in [2.45, 2.75) is 26.1 Å². The Morgan fingerprint density at radius 3 is 2.60 bits per heavy atom. The van der Waals surface area contributed by atoms with E-state index in [9.17, 15) is 22.8 Å². The van der Waals surface area contributed by atoms with Gasteiger partial charge in [-0.3, -0.25) is 9.59 Å². The van der Waals surface area contributed by atoms with E-state index in [1.807, 2.05) is 0 Å². The van der Waals surface area contributed by atoms with Crippen LogP contribution in [0.1, 0.15) is 28.0 Å². The molecule has 1 N–H and O–H groups in total. The Hall–Kier alpha value is -2.28. The van der Waals surface area contributed by atoms with Gasteiger partial charge in [-0.2, -0.15) is 13.2 Å². The van der Waals surface area contributed by atoms with E-state index in [0.717, 1.165) is 23.9 Å². The van der Waals surface area contributed by atoms with Crippen LogP contribution in [-0.2, 0) is 12.7 Å². The van der Waals surface area contributed by atoms with Crippen molar-refractivity contribution in [3.05, 3.63) is 68.6 Å². The molecule has 134 valence electrons. The van der Waals surface area contributed by atoms with E-state index in [2.05, 4.69) is 5.32 Å². The number of halogens is 4. The van der Waals surface area contributed by atoms with Crippen molar-refractivity contribution in [1.29, 1.82) is 0 Å². The zero-order valence-corrected chi connectivity index (χ0v) is 14.1. The third-order valence-corrected chi connectivity index (χ3v) is 3.98. The van der Waals surface area contributed by atoms with Crippen LogP contribution in [0.25, 0.3) is 0 Å². The molecule has 0 aliphatic carbocycles. The standard InChI is InChI=1S/C17H16ClF3N2O2/c1-11-4-2-5-15(24)23(11)9-3-8-22-16(25)13-10-12(17(19,20)21)6-7-14(13)18/h2,4-7,10H,3,8-9H2,1H3,(H,22,25). The van der Waals surface area contributed by atoms with Gasteiger partial charge in [-0.15, -0.1) is 0 Å². The lowest BCUT2D eigenvalue weighted by atomic mass is 10.1. The lowest BCUT2D eigenvalue weighted by molar-refractivity contribution is -0.137. The summed E-state index contributed by atoms with van der Waals surface area (Å²) in [6.45, 7) is 2.39. The molecule has 25 heavy (non-hydrogen) atoms. The molecular formula is C17H16ClF3N2O2. The van der Waals surface area contributed by atoms with Gasteiger partial charge in [0.05, 0.1) is 16.1 Å². The Balaban J connectivity index is 1.98. The van der Waals surface area contributed by atoms with Crippen LogP contribution in [0.2, 0.25) is 5.02 Å². The Labute approximate surface area is 147 Å². The lowest BCUT2D eigenvalue weighted by Gasteiger charge is -2.12. The molecule has 8 heteroatoms. The van der Waals surface area contributed by atoms with Crippen LogP contribution in [0.4, 0.5) is 13.2 Å². The fourth-order valence-electron chi connectivity index (χ4n) is 2.32. The molecule has 0 saturated heterocycles. The Morgan fingerprint density at radius 2 is 1.96 bits per heavy atom. The summed E-state index contributed by atoms with van der Waals surface area (Å²) in [4.78, 5) is 23.8. The first kappa shape index (κ1) is 19.1. The third-order valence-electron chi connectivity index (χ3n) is 3.65. The Bertz CT molecular complexity index is 831. The highest BCUT2D eigenvalue weighted by Gasteiger charge is 2.31. The number of pyridine rings is 1. The zero-order valence-electron chi connectivity index (χ0n) is 13.4. The van der Waals surface area contributed by atoms with Gasteiger partial charge in [-0.25, -0.2) is 0 Å². The summed E-state index contributed by atoms with van der Waals surface area (Å²) in [7, 11) is 0. The van der Waals surface area contributed by atoms with Crippen LogP contribution in [0, 0.1) is 6.92 Å². The average molecular weight is 373 g/mol. The fourth-order valence-corrected chi connectivity index (χ4v) is 2.52. The van der Waals surface area contributed by atoms with E-state index in [1.54, 1.807) is 23.6 Å². The monoisotopic (exact) mass is 372 g/mol. The molecule has 0 fully saturated rings. The number of alkyl halides is 3. The fraction of sp³-hybridized carbons (Fsp3) is 0.294. The summed E-state index contributed by atoms with van der Waals surface area (Å²) in [6, 6.07) is 7.49. The normalized spacial score (nSPS) is 11.4. The van der Waals surface area contributed by atoms with E-state index >= 15 is 0 Å². The van der Waals surface area contributed by atoms with Crippen LogP contribution < -0.4 is 10.9 Å². The number of rotatable bonds is 5. The highest BCUT2D eigenvalue weighted by atomic mass is 35.5. The predicted octanol–water partition coefficient (Wildman–Crippen LogP) is 3.65. The molecule has 1 heterocycles. The first-order valence-electron chi connectivity index (χ1n) is 7.51. The number of nitrogens with zero attached hydrogens (tertiary/aromatic N) is 1. The second-order valence-corrected chi connectivity index (χ2v) is 5.87. The average Bonchev–Trinajstić information content (AvgIpc) is 2.52. The molecule has 2 rings (SSSR count). The SMILES string of the molecule is Cc1cccc(=O)n1CCCNC(=O)c1cc(C(F)(F)F)ccc1Cl. The van der Waals surface area contributed by atoms with Crippen LogP contribution in [-0.4, -0.2) is 17.0 Å². The molecule has 1 aromatic carbocycles. The molecular weight excluding hydrogens is 357 g/mol. The van der Waals surface area contributed by atoms with Gasteiger partial charge in [0.1, 0.15) is 0 Å². The van der Waals surface area contributed by atoms with Crippen molar-refractivity contribution in [3.8, 4) is 0 Å². The van der Waals surface area contributed by atoms with Gasteiger partial charge in [0.2, 0.25) is 0 Å². The lowest BCUT2D eigenvalue weighted by Crippen LogP contribution is -2.28. The van der Waals surface area contributed by atoms with Gasteiger partial charge < -0.3 is 9.88 Å². The quantitative estimate of drug-likeness (QED) is 0.814. The maximum absolute atomic E-state index is 12.7. The number of hydrogen-bond acceptors (Lipinski definition) is 2. The Kier molecular flexibility index (Phi) is 5.89. The zero-order chi connectivity index (χ0) is 18.6. The van der Waals surface area contributed by atoms with E-state index in [4.69, 9.17) is 11.6 Å². The van der Waals surface area contributed by atoms with Crippen LogP contribution in [0.3, 0.4) is 0 Å². The van der Waals surface area contributed by atoms with Gasteiger partial charge in [0.15, 0.2) is 0 Å². The molecule has 0 aliphatic rings. The molecule has 2 aromatic rings. The van der Waals surface area contributed by atoms with E-state index in [1.165, 1.54) is 6.07 Å². The minimum absolute atomic E-state index is 0.0550. The summed E-state index contributed by atoms with van der Waals surface area (Å²) < 4.78 is 39.7. The molecule has 0 unspecified atom stereocenters. The highest BCUT2D eigenvalue weighted by Crippen LogP contribution is 2.31. The second kappa shape index (κ2) is 7.74. The van der Waals surface area contributed by atoms with E-state index in [0.29, 0.717) is 13.0 Å². The van der Waals surface area contributed by atoms with Crippen LogP contribution in [0.5, 0.6) is 0 Å². The van der Waals surface area contributed by atoms with Crippen LogP contribution in [0.15, 0.2) is 41.2 Å². The summed E-state index contributed by atoms with van der Waals surface area (Å²) in [5.41, 5.74) is -0.523. The van der Waals surface area contributed by atoms with Crippen molar-refractivity contribution >= 4 is 17.5 Å². The minimum Gasteiger partial charge on any atom is -0.352 e. The molecule has 4 nitrogen and oxygen atoms in total. The minimum atomic E-state index is -4.55. The molecule has 0 spiro atoms. The molecule has 1 amide bonds.